The van der Waals surface area contributed by atoms with Crippen LogP contribution >= 0.6 is 0 Å². The molecule has 0 saturated heterocycles. The van der Waals surface area contributed by atoms with Crippen molar-refractivity contribution in [2.24, 2.45) is 22.4 Å². The van der Waals surface area contributed by atoms with Crippen molar-refractivity contribution in [3.8, 4) is 0 Å². The molecule has 8 nitrogen and oxygen atoms in total. The number of aliphatic hydroxyl groups excluding tert-OH is 1. The van der Waals surface area contributed by atoms with E-state index in [2.05, 4.69) is 10.3 Å². The Morgan fingerprint density at radius 2 is 2.12 bits per heavy atom. The van der Waals surface area contributed by atoms with Gasteiger partial charge in [0.25, 0.3) is 0 Å². The van der Waals surface area contributed by atoms with Gasteiger partial charge in [0.15, 0.2) is 5.96 Å². The number of amides is 1. The van der Waals surface area contributed by atoms with Crippen molar-refractivity contribution >= 4 is 11.9 Å². The van der Waals surface area contributed by atoms with Gasteiger partial charge in [0, 0.05) is 20.0 Å². The monoisotopic (exact) mass is 342 g/mol. The third-order valence-corrected chi connectivity index (χ3v) is 3.96. The highest BCUT2D eigenvalue weighted by atomic mass is 16.5. The topological polar surface area (TPSA) is 132 Å². The van der Waals surface area contributed by atoms with Gasteiger partial charge in [-0.05, 0) is 12.5 Å². The van der Waals surface area contributed by atoms with Gasteiger partial charge in [-0.15, -0.1) is 0 Å². The minimum atomic E-state index is -0.748. The molecule has 0 aliphatic carbocycles. The van der Waals surface area contributed by atoms with Crippen LogP contribution in [-0.2, 0) is 14.3 Å². The number of allylic oxidation sites excluding steroid dienone is 1. The van der Waals surface area contributed by atoms with Gasteiger partial charge in [-0.1, -0.05) is 20.8 Å². The molecule has 138 valence electrons. The molecule has 1 heterocycles. The summed E-state index contributed by atoms with van der Waals surface area (Å²) in [4.78, 5) is 15.9. The van der Waals surface area contributed by atoms with E-state index in [1.54, 1.807) is 6.08 Å². The van der Waals surface area contributed by atoms with Crippen LogP contribution in [0.25, 0.3) is 0 Å². The Morgan fingerprint density at radius 3 is 2.54 bits per heavy atom. The number of nitrogens with one attached hydrogen (secondary N) is 1. The van der Waals surface area contributed by atoms with E-state index in [9.17, 15) is 9.90 Å². The third-order valence-electron chi connectivity index (χ3n) is 3.96. The molecule has 1 aliphatic rings. The SMILES string of the molecule is CC[C@@H](O)[C@@H](OC)[C@@H]1OC(C(C)C)=C[C@H](N=C(N)N)[C@H]1NC(C)=O. The number of methoxy groups -OCH3 is 1. The quantitative estimate of drug-likeness (QED) is 0.376. The highest BCUT2D eigenvalue weighted by molar-refractivity contribution is 5.76. The van der Waals surface area contributed by atoms with Gasteiger partial charge in [-0.2, -0.15) is 0 Å². The molecule has 0 bridgehead atoms. The zero-order valence-corrected chi connectivity index (χ0v) is 15.0. The first-order valence-corrected chi connectivity index (χ1v) is 8.16. The summed E-state index contributed by atoms with van der Waals surface area (Å²) in [6.45, 7) is 7.21. The highest BCUT2D eigenvalue weighted by Crippen LogP contribution is 2.29. The number of carbonyl (C=O) groups is 1. The predicted octanol–water partition coefficient (Wildman–Crippen LogP) is -0.142. The first kappa shape index (κ1) is 20.2. The van der Waals surface area contributed by atoms with Crippen LogP contribution in [0.1, 0.15) is 34.1 Å². The average molecular weight is 342 g/mol. The molecular weight excluding hydrogens is 312 g/mol. The first-order chi connectivity index (χ1) is 11.2. The van der Waals surface area contributed by atoms with Crippen molar-refractivity contribution < 1.29 is 19.4 Å². The lowest BCUT2D eigenvalue weighted by Gasteiger charge is -2.41. The van der Waals surface area contributed by atoms with Crippen molar-refractivity contribution in [3.05, 3.63) is 11.8 Å². The molecular formula is C16H30N4O4. The number of aliphatic hydroxyl groups is 1. The lowest BCUT2D eigenvalue weighted by molar-refractivity contribution is -0.129. The van der Waals surface area contributed by atoms with Crippen molar-refractivity contribution in [2.45, 2.75) is 64.5 Å². The molecule has 0 aromatic carbocycles. The summed E-state index contributed by atoms with van der Waals surface area (Å²) in [6.07, 6.45) is 0.281. The van der Waals surface area contributed by atoms with E-state index >= 15 is 0 Å². The molecule has 0 spiro atoms. The minimum absolute atomic E-state index is 0.0830. The van der Waals surface area contributed by atoms with Gasteiger partial charge in [0.2, 0.25) is 5.91 Å². The van der Waals surface area contributed by atoms with Gasteiger partial charge >= 0.3 is 0 Å². The van der Waals surface area contributed by atoms with Crippen molar-refractivity contribution in [2.75, 3.05) is 7.11 Å². The Morgan fingerprint density at radius 1 is 1.50 bits per heavy atom. The Labute approximate surface area is 143 Å². The van der Waals surface area contributed by atoms with Gasteiger partial charge < -0.3 is 31.4 Å². The first-order valence-electron chi connectivity index (χ1n) is 8.16. The Kier molecular flexibility index (Phi) is 7.50. The molecule has 0 fully saturated rings. The molecule has 0 radical (unpaired) electrons. The normalized spacial score (nSPS) is 26.1. The van der Waals surface area contributed by atoms with E-state index in [0.29, 0.717) is 12.2 Å². The third kappa shape index (κ3) is 5.10. The van der Waals surface area contributed by atoms with E-state index in [1.807, 2.05) is 20.8 Å². The number of carbonyl (C=O) groups excluding carboxylic acids is 1. The zero-order chi connectivity index (χ0) is 18.4. The molecule has 5 atom stereocenters. The highest BCUT2D eigenvalue weighted by Gasteiger charge is 2.43. The molecule has 6 N–H and O–H groups in total. The number of guanidine groups is 1. The molecule has 1 aliphatic heterocycles. The second-order valence-electron chi connectivity index (χ2n) is 6.25. The maximum Gasteiger partial charge on any atom is 0.217 e. The number of ether oxygens (including phenoxy) is 2. The summed E-state index contributed by atoms with van der Waals surface area (Å²) in [5.41, 5.74) is 11.1. The second-order valence-corrected chi connectivity index (χ2v) is 6.25. The minimum Gasteiger partial charge on any atom is -0.490 e. The second kappa shape index (κ2) is 8.89. The fourth-order valence-electron chi connectivity index (χ4n) is 2.77. The van der Waals surface area contributed by atoms with Gasteiger partial charge in [0.1, 0.15) is 12.2 Å². The number of hydrogen-bond acceptors (Lipinski definition) is 5. The number of nitrogens with two attached hydrogens (primary N) is 2. The van der Waals surface area contributed by atoms with Gasteiger partial charge in [0.05, 0.1) is 23.9 Å². The maximum atomic E-state index is 11.7. The van der Waals surface area contributed by atoms with E-state index < -0.39 is 30.4 Å². The van der Waals surface area contributed by atoms with E-state index in [1.165, 1.54) is 14.0 Å². The van der Waals surface area contributed by atoms with Crippen molar-refractivity contribution in [1.82, 2.24) is 5.32 Å². The lowest BCUT2D eigenvalue weighted by atomic mass is 9.90. The lowest BCUT2D eigenvalue weighted by Crippen LogP contribution is -2.59. The molecule has 0 aromatic rings. The summed E-state index contributed by atoms with van der Waals surface area (Å²) in [5.74, 6) is 0.465. The van der Waals surface area contributed by atoms with Gasteiger partial charge in [-0.3, -0.25) is 4.79 Å². The van der Waals surface area contributed by atoms with Crippen LogP contribution in [0, 0.1) is 5.92 Å². The molecule has 0 aromatic heterocycles. The van der Waals surface area contributed by atoms with E-state index in [0.717, 1.165) is 0 Å². The Bertz CT molecular complexity index is 488. The van der Waals surface area contributed by atoms with Crippen LogP contribution in [0.3, 0.4) is 0 Å². The smallest absolute Gasteiger partial charge is 0.217 e. The summed E-state index contributed by atoms with van der Waals surface area (Å²) in [5, 5.41) is 13.1. The largest absolute Gasteiger partial charge is 0.490 e. The average Bonchev–Trinajstić information content (AvgIpc) is 2.49. The summed E-state index contributed by atoms with van der Waals surface area (Å²) < 4.78 is 11.5. The molecule has 0 saturated carbocycles. The fourth-order valence-corrected chi connectivity index (χ4v) is 2.77. The summed E-state index contributed by atoms with van der Waals surface area (Å²) >= 11 is 0. The van der Waals surface area contributed by atoms with Crippen LogP contribution in [0.15, 0.2) is 16.8 Å². The van der Waals surface area contributed by atoms with Crippen molar-refractivity contribution in [1.29, 1.82) is 0 Å². The fraction of sp³-hybridized carbons (Fsp3) is 0.750. The van der Waals surface area contributed by atoms with Crippen LogP contribution < -0.4 is 16.8 Å². The van der Waals surface area contributed by atoms with E-state index in [4.69, 9.17) is 20.9 Å². The van der Waals surface area contributed by atoms with Gasteiger partial charge in [-0.25, -0.2) is 4.99 Å². The number of nitrogens with zero attached hydrogens (tertiary/aromatic N) is 1. The number of hydrogen-bond donors (Lipinski definition) is 4. The number of rotatable bonds is 7. The van der Waals surface area contributed by atoms with Crippen LogP contribution in [-0.4, -0.2) is 54.5 Å². The van der Waals surface area contributed by atoms with Crippen LogP contribution in [0.4, 0.5) is 0 Å². The maximum absolute atomic E-state index is 11.7. The molecule has 24 heavy (non-hydrogen) atoms. The zero-order valence-electron chi connectivity index (χ0n) is 15.0. The summed E-state index contributed by atoms with van der Waals surface area (Å²) in [6, 6.07) is -1.06. The number of aliphatic imine (C=N–C) groups is 1. The molecule has 8 heteroatoms. The standard InChI is InChI=1S/C16H30N4O4/c1-6-11(22)14(23-5)15-13(19-9(4)21)10(20-16(17)18)7-12(24-15)8(2)3/h7-8,10-11,13-15,22H,6H2,1-5H3,(H,19,21)(H4,17,18,20)/t10-,11+,13+,14+,15+/m0/s1. The molecule has 1 rings (SSSR count). The van der Waals surface area contributed by atoms with E-state index in [-0.39, 0.29) is 17.8 Å². The molecule has 1 amide bonds. The Hall–Kier alpha value is -1.80. The van der Waals surface area contributed by atoms with Crippen molar-refractivity contribution in [3.63, 3.8) is 0 Å². The Balaban J connectivity index is 3.32. The molecule has 0 unspecified atom stereocenters. The van der Waals surface area contributed by atoms with Crippen LogP contribution in [0.5, 0.6) is 0 Å². The summed E-state index contributed by atoms with van der Waals surface area (Å²) in [7, 11) is 1.50. The predicted molar refractivity (Wildman–Crippen MR) is 92.1 cm³/mol. The van der Waals surface area contributed by atoms with Crippen LogP contribution in [0.2, 0.25) is 0 Å².